The number of hydrogen-bond donors (Lipinski definition) is 1. The van der Waals surface area contributed by atoms with Gasteiger partial charge in [0.2, 0.25) is 5.76 Å². The van der Waals surface area contributed by atoms with Gasteiger partial charge in [0.25, 0.3) is 0 Å². The lowest BCUT2D eigenvalue weighted by Crippen LogP contribution is -2.35. The summed E-state index contributed by atoms with van der Waals surface area (Å²) in [5.74, 6) is 0.410. The summed E-state index contributed by atoms with van der Waals surface area (Å²) in [6.07, 6.45) is 3.16. The molecular formula is C13H14N2O4. The predicted octanol–water partition coefficient (Wildman–Crippen LogP) is 1.98. The van der Waals surface area contributed by atoms with Crippen LogP contribution in [-0.2, 0) is 11.3 Å². The minimum atomic E-state index is -0.771. The van der Waals surface area contributed by atoms with Crippen LogP contribution in [0.15, 0.2) is 33.4 Å². The Morgan fingerprint density at radius 3 is 3.16 bits per heavy atom. The van der Waals surface area contributed by atoms with Crippen molar-refractivity contribution in [2.45, 2.75) is 25.4 Å². The summed E-state index contributed by atoms with van der Waals surface area (Å²) in [6, 6.07) is 4.94. The van der Waals surface area contributed by atoms with Gasteiger partial charge >= 0.3 is 5.97 Å². The molecule has 1 aliphatic rings. The average molecular weight is 262 g/mol. The Kier molecular flexibility index (Phi) is 3.08. The Morgan fingerprint density at radius 2 is 2.42 bits per heavy atom. The molecule has 3 heterocycles. The molecule has 0 radical (unpaired) electrons. The molecule has 0 bridgehead atoms. The average Bonchev–Trinajstić information content (AvgIpc) is 3.09. The molecule has 2 aromatic rings. The zero-order chi connectivity index (χ0) is 13.2. The molecule has 0 aromatic carbocycles. The van der Waals surface area contributed by atoms with Crippen LogP contribution in [-0.4, -0.2) is 33.7 Å². The second-order valence-electron chi connectivity index (χ2n) is 4.63. The second kappa shape index (κ2) is 4.89. The van der Waals surface area contributed by atoms with Crippen molar-refractivity contribution in [3.63, 3.8) is 0 Å². The van der Waals surface area contributed by atoms with E-state index in [0.29, 0.717) is 24.5 Å². The summed E-state index contributed by atoms with van der Waals surface area (Å²) >= 11 is 0. The molecule has 0 spiro atoms. The summed E-state index contributed by atoms with van der Waals surface area (Å²) < 4.78 is 10.4. The van der Waals surface area contributed by atoms with Crippen molar-refractivity contribution in [3.8, 4) is 11.5 Å². The Labute approximate surface area is 109 Å². The van der Waals surface area contributed by atoms with Gasteiger partial charge < -0.3 is 14.0 Å². The largest absolute Gasteiger partial charge is 0.480 e. The molecule has 1 atom stereocenters. The summed E-state index contributed by atoms with van der Waals surface area (Å²) in [7, 11) is 0. The lowest BCUT2D eigenvalue weighted by Gasteiger charge is -2.19. The number of nitrogens with zero attached hydrogens (tertiary/aromatic N) is 2. The van der Waals surface area contributed by atoms with Gasteiger partial charge in [-0.15, -0.1) is 0 Å². The molecule has 0 saturated carbocycles. The number of carboxylic acid groups (broad SMARTS) is 1. The van der Waals surface area contributed by atoms with Crippen LogP contribution in [0.1, 0.15) is 18.5 Å². The first-order valence-electron chi connectivity index (χ1n) is 6.20. The number of likely N-dealkylation sites (tertiary alicyclic amines) is 1. The van der Waals surface area contributed by atoms with Gasteiger partial charge in [0.15, 0.2) is 5.76 Å². The summed E-state index contributed by atoms with van der Waals surface area (Å²) in [6.45, 7) is 1.26. The highest BCUT2D eigenvalue weighted by Gasteiger charge is 2.31. The molecule has 100 valence electrons. The van der Waals surface area contributed by atoms with Gasteiger partial charge in [-0.3, -0.25) is 9.69 Å². The van der Waals surface area contributed by atoms with Gasteiger partial charge in [0.1, 0.15) is 6.04 Å². The molecule has 1 N–H and O–H groups in total. The van der Waals surface area contributed by atoms with Crippen LogP contribution >= 0.6 is 0 Å². The predicted molar refractivity (Wildman–Crippen MR) is 65.3 cm³/mol. The lowest BCUT2D eigenvalue weighted by molar-refractivity contribution is -0.142. The first kappa shape index (κ1) is 12.0. The van der Waals surface area contributed by atoms with Gasteiger partial charge in [-0.1, -0.05) is 5.16 Å². The van der Waals surface area contributed by atoms with Crippen molar-refractivity contribution < 1.29 is 18.8 Å². The number of rotatable bonds is 4. The smallest absolute Gasteiger partial charge is 0.320 e. The van der Waals surface area contributed by atoms with E-state index >= 15 is 0 Å². The van der Waals surface area contributed by atoms with Gasteiger partial charge in [0.05, 0.1) is 12.0 Å². The maximum atomic E-state index is 11.1. The number of aliphatic carboxylic acids is 1. The number of hydrogen-bond acceptors (Lipinski definition) is 5. The van der Waals surface area contributed by atoms with Gasteiger partial charge in [-0.2, -0.15) is 0 Å². The summed E-state index contributed by atoms with van der Waals surface area (Å²) in [5.41, 5.74) is 0.722. The Hall–Kier alpha value is -2.08. The van der Waals surface area contributed by atoms with Gasteiger partial charge in [-0.25, -0.2) is 0 Å². The molecule has 1 aliphatic heterocycles. The molecule has 0 amide bonds. The Balaban J connectivity index is 1.72. The second-order valence-corrected chi connectivity index (χ2v) is 4.63. The molecule has 6 heteroatoms. The third-order valence-electron chi connectivity index (χ3n) is 3.34. The molecule has 19 heavy (non-hydrogen) atoms. The standard InChI is InChI=1S/C13H14N2O4/c16-13(17)10-3-1-5-15(10)8-9-7-12(19-14-9)11-4-2-6-18-11/h2,4,6-7,10H,1,3,5,8H2,(H,16,17)/t10-/m0/s1. The number of carboxylic acids is 1. The van der Waals surface area contributed by atoms with E-state index in [1.54, 1.807) is 24.5 Å². The molecule has 0 unspecified atom stereocenters. The van der Waals surface area contributed by atoms with Crippen molar-refractivity contribution in [3.05, 3.63) is 30.2 Å². The number of carbonyl (C=O) groups is 1. The monoisotopic (exact) mass is 262 g/mol. The van der Waals surface area contributed by atoms with Gasteiger partial charge in [0, 0.05) is 12.6 Å². The highest BCUT2D eigenvalue weighted by molar-refractivity contribution is 5.73. The molecule has 1 saturated heterocycles. The SMILES string of the molecule is O=C(O)[C@@H]1CCCN1Cc1cc(-c2ccco2)on1. The van der Waals surface area contributed by atoms with Crippen LogP contribution in [0.3, 0.4) is 0 Å². The highest BCUT2D eigenvalue weighted by Crippen LogP contribution is 2.24. The Bertz CT molecular complexity index is 561. The van der Waals surface area contributed by atoms with Crippen LogP contribution in [0.5, 0.6) is 0 Å². The quantitative estimate of drug-likeness (QED) is 0.907. The van der Waals surface area contributed by atoms with E-state index in [9.17, 15) is 4.79 Å². The summed E-state index contributed by atoms with van der Waals surface area (Å²) in [4.78, 5) is 13.0. The maximum Gasteiger partial charge on any atom is 0.320 e. The molecular weight excluding hydrogens is 248 g/mol. The van der Waals surface area contributed by atoms with E-state index in [-0.39, 0.29) is 0 Å². The van der Waals surface area contributed by atoms with Crippen LogP contribution in [0.25, 0.3) is 11.5 Å². The highest BCUT2D eigenvalue weighted by atomic mass is 16.5. The fourth-order valence-electron chi connectivity index (χ4n) is 2.42. The van der Waals surface area contributed by atoms with Crippen molar-refractivity contribution in [2.75, 3.05) is 6.54 Å². The van der Waals surface area contributed by atoms with Crippen molar-refractivity contribution in [1.82, 2.24) is 10.1 Å². The van der Waals surface area contributed by atoms with Crippen molar-refractivity contribution in [1.29, 1.82) is 0 Å². The van der Waals surface area contributed by atoms with Crippen molar-refractivity contribution in [2.24, 2.45) is 0 Å². The number of aromatic nitrogens is 1. The fraction of sp³-hybridized carbons (Fsp3) is 0.385. The zero-order valence-electron chi connectivity index (χ0n) is 10.3. The van der Waals surface area contributed by atoms with E-state index in [2.05, 4.69) is 5.16 Å². The van der Waals surface area contributed by atoms with Gasteiger partial charge in [-0.05, 0) is 31.5 Å². The van der Waals surface area contributed by atoms with E-state index in [4.69, 9.17) is 14.0 Å². The molecule has 0 aliphatic carbocycles. The van der Waals surface area contributed by atoms with Crippen LogP contribution in [0.2, 0.25) is 0 Å². The number of furan rings is 1. The molecule has 3 rings (SSSR count). The first-order chi connectivity index (χ1) is 9.24. The Morgan fingerprint density at radius 1 is 1.53 bits per heavy atom. The van der Waals surface area contributed by atoms with E-state index in [0.717, 1.165) is 18.7 Å². The van der Waals surface area contributed by atoms with Crippen LogP contribution in [0.4, 0.5) is 0 Å². The first-order valence-corrected chi connectivity index (χ1v) is 6.20. The van der Waals surface area contributed by atoms with Crippen LogP contribution in [0, 0.1) is 0 Å². The lowest BCUT2D eigenvalue weighted by atomic mass is 10.2. The molecule has 6 nitrogen and oxygen atoms in total. The minimum absolute atomic E-state index is 0.413. The fourth-order valence-corrected chi connectivity index (χ4v) is 2.42. The third kappa shape index (κ3) is 2.39. The molecule has 1 fully saturated rings. The van der Waals surface area contributed by atoms with E-state index < -0.39 is 12.0 Å². The van der Waals surface area contributed by atoms with E-state index in [1.807, 2.05) is 4.90 Å². The van der Waals surface area contributed by atoms with Crippen molar-refractivity contribution >= 4 is 5.97 Å². The minimum Gasteiger partial charge on any atom is -0.480 e. The third-order valence-corrected chi connectivity index (χ3v) is 3.34. The normalized spacial score (nSPS) is 19.9. The zero-order valence-corrected chi connectivity index (χ0v) is 10.3. The maximum absolute atomic E-state index is 11.1. The van der Waals surface area contributed by atoms with E-state index in [1.165, 1.54) is 0 Å². The molecule has 2 aromatic heterocycles. The summed E-state index contributed by atoms with van der Waals surface area (Å²) in [5, 5.41) is 13.1. The topological polar surface area (TPSA) is 79.7 Å². The van der Waals surface area contributed by atoms with Crippen LogP contribution < -0.4 is 0 Å².